The van der Waals surface area contributed by atoms with Gasteiger partial charge < -0.3 is 16.5 Å². The molecule has 0 fully saturated rings. The molecule has 13 heteroatoms. The highest BCUT2D eigenvalue weighted by atomic mass is 32.1. The van der Waals surface area contributed by atoms with Crippen LogP contribution < -0.4 is 11.1 Å². The maximum absolute atomic E-state index is 14.1. The third-order valence-corrected chi connectivity index (χ3v) is 5.04. The van der Waals surface area contributed by atoms with Gasteiger partial charge in [0.15, 0.2) is 5.71 Å². The van der Waals surface area contributed by atoms with E-state index in [1.807, 2.05) is 6.07 Å². The Morgan fingerprint density at radius 3 is 2.74 bits per heavy atom. The minimum absolute atomic E-state index is 0.0156. The summed E-state index contributed by atoms with van der Waals surface area (Å²) in [6.45, 7) is 6.99. The lowest BCUT2D eigenvalue weighted by Gasteiger charge is -2.18. The number of nitrogens with one attached hydrogen (secondary N) is 2. The molecular formula is C22H20F3N9S. The lowest BCUT2D eigenvalue weighted by Crippen LogP contribution is -2.29. The summed E-state index contributed by atoms with van der Waals surface area (Å²) >= 11 is 1.16. The highest BCUT2D eigenvalue weighted by Gasteiger charge is 2.39. The molecule has 0 saturated heterocycles. The van der Waals surface area contributed by atoms with Gasteiger partial charge in [-0.2, -0.15) is 23.5 Å². The van der Waals surface area contributed by atoms with Crippen molar-refractivity contribution in [1.29, 1.82) is 10.7 Å². The Kier molecular flexibility index (Phi) is 9.19. The van der Waals surface area contributed by atoms with Crippen molar-refractivity contribution in [1.82, 2.24) is 15.3 Å². The number of rotatable bonds is 10. The fraction of sp³-hybridized carbons (Fsp3) is 0.0909. The van der Waals surface area contributed by atoms with Gasteiger partial charge >= 0.3 is 6.18 Å². The minimum atomic E-state index is -4.88. The molecule has 9 nitrogen and oxygen atoms in total. The van der Waals surface area contributed by atoms with E-state index in [0.717, 1.165) is 35.0 Å². The Labute approximate surface area is 203 Å². The molecule has 0 aliphatic carbocycles. The molecule has 0 atom stereocenters. The number of nitriles is 1. The maximum Gasteiger partial charge on any atom is 0.434 e. The number of thiazole rings is 1. The summed E-state index contributed by atoms with van der Waals surface area (Å²) in [5, 5.41) is 24.0. The van der Waals surface area contributed by atoms with E-state index in [4.69, 9.17) is 11.1 Å². The van der Waals surface area contributed by atoms with E-state index in [9.17, 15) is 18.4 Å². The van der Waals surface area contributed by atoms with E-state index in [2.05, 4.69) is 38.7 Å². The van der Waals surface area contributed by atoms with Crippen LogP contribution in [0, 0.1) is 16.7 Å². The second-order valence-corrected chi connectivity index (χ2v) is 7.34. The van der Waals surface area contributed by atoms with Crippen LogP contribution in [0.2, 0.25) is 0 Å². The van der Waals surface area contributed by atoms with Crippen molar-refractivity contribution in [3.8, 4) is 6.07 Å². The first-order valence-electron chi connectivity index (χ1n) is 9.57. The second-order valence-electron chi connectivity index (χ2n) is 6.48. The topological polar surface area (TPSA) is 139 Å². The fourth-order valence-corrected chi connectivity index (χ4v) is 3.41. The summed E-state index contributed by atoms with van der Waals surface area (Å²) in [5.41, 5.74) is 5.68. The van der Waals surface area contributed by atoms with E-state index >= 15 is 0 Å². The average molecular weight is 500 g/mol. The molecule has 1 aromatic heterocycles. The van der Waals surface area contributed by atoms with Crippen LogP contribution in [0.4, 0.5) is 18.9 Å². The second kappa shape index (κ2) is 12.1. The van der Waals surface area contributed by atoms with Gasteiger partial charge in [0, 0.05) is 36.9 Å². The number of hydrogen-bond donors (Lipinski definition) is 3. The van der Waals surface area contributed by atoms with Gasteiger partial charge in [-0.15, -0.1) is 11.3 Å². The van der Waals surface area contributed by atoms with E-state index in [-0.39, 0.29) is 22.8 Å². The van der Waals surface area contributed by atoms with Crippen molar-refractivity contribution in [3.63, 3.8) is 0 Å². The summed E-state index contributed by atoms with van der Waals surface area (Å²) in [6.07, 6.45) is 0.348. The summed E-state index contributed by atoms with van der Waals surface area (Å²) in [4.78, 5) is 11.6. The van der Waals surface area contributed by atoms with E-state index in [1.165, 1.54) is 30.9 Å². The van der Waals surface area contributed by atoms with Crippen LogP contribution in [-0.4, -0.2) is 48.1 Å². The number of allylic oxidation sites excluding steroid dienone is 3. The number of aliphatic imine (C=N–C) groups is 2. The summed E-state index contributed by atoms with van der Waals surface area (Å²) in [6, 6.07) is 6.55. The molecule has 35 heavy (non-hydrogen) atoms. The zero-order valence-electron chi connectivity index (χ0n) is 18.4. The molecule has 1 heterocycles. The van der Waals surface area contributed by atoms with Gasteiger partial charge in [-0.1, -0.05) is 12.6 Å². The van der Waals surface area contributed by atoms with E-state index in [1.54, 1.807) is 12.1 Å². The van der Waals surface area contributed by atoms with Crippen molar-refractivity contribution < 1.29 is 13.2 Å². The quantitative estimate of drug-likeness (QED) is 0.193. The van der Waals surface area contributed by atoms with Gasteiger partial charge in [-0.05, 0) is 24.9 Å². The van der Waals surface area contributed by atoms with Crippen molar-refractivity contribution >= 4 is 52.1 Å². The molecular weight excluding hydrogens is 479 g/mol. The van der Waals surface area contributed by atoms with Gasteiger partial charge in [0.1, 0.15) is 11.8 Å². The molecule has 1 aromatic carbocycles. The Hall–Kier alpha value is -4.57. The maximum atomic E-state index is 14.1. The van der Waals surface area contributed by atoms with Crippen molar-refractivity contribution in [3.05, 3.63) is 71.4 Å². The standard InChI is InChI=1S/C22H20F3N9S/c1-14(32-15(12-29-2)9-16(10-27)34(3)31-8-7-26)17(11-28)21(22(23,24)25)33-19-6-4-5-18-20(19)35-13-30-18/h4-9,11-13,26,32H,1-2,28H2,3H3/b15-12+,16-9-,17-11?,26-7?,31-8-,33-21?. The Balaban J connectivity index is 2.48. The lowest BCUT2D eigenvalue weighted by atomic mass is 10.1. The molecule has 0 amide bonds. The fourth-order valence-electron chi connectivity index (χ4n) is 2.66. The third kappa shape index (κ3) is 6.95. The number of nitrogens with two attached hydrogens (primary N) is 1. The van der Waals surface area contributed by atoms with Crippen LogP contribution in [0.25, 0.3) is 10.2 Å². The third-order valence-electron chi connectivity index (χ3n) is 4.18. The van der Waals surface area contributed by atoms with Gasteiger partial charge in [0.2, 0.25) is 0 Å². The Morgan fingerprint density at radius 1 is 1.40 bits per heavy atom. The SMILES string of the molecule is C=N/C=C(\C=C(\C#N)N(C)/N=C\C=N)NC(=C)C(=CN)C(=Nc1cccc2ncsc12)C(F)(F)F. The molecule has 0 bridgehead atoms. The normalized spacial score (nSPS) is 13.6. The number of hydrazone groups is 1. The number of hydrogen-bond acceptors (Lipinski definition) is 10. The van der Waals surface area contributed by atoms with Crippen molar-refractivity contribution in [2.45, 2.75) is 6.18 Å². The Bertz CT molecular complexity index is 1310. The first-order valence-corrected chi connectivity index (χ1v) is 10.5. The van der Waals surface area contributed by atoms with E-state index in [0.29, 0.717) is 10.2 Å². The van der Waals surface area contributed by atoms with Gasteiger partial charge in [-0.25, -0.2) is 9.98 Å². The summed E-state index contributed by atoms with van der Waals surface area (Å²) < 4.78 is 42.7. The monoisotopic (exact) mass is 499 g/mol. The predicted molar refractivity (Wildman–Crippen MR) is 134 cm³/mol. The molecule has 0 aliphatic heterocycles. The van der Waals surface area contributed by atoms with Crippen LogP contribution >= 0.6 is 11.3 Å². The molecule has 0 aliphatic rings. The zero-order valence-corrected chi connectivity index (χ0v) is 19.2. The molecule has 0 unspecified atom stereocenters. The highest BCUT2D eigenvalue weighted by Crippen LogP contribution is 2.33. The average Bonchev–Trinajstić information content (AvgIpc) is 3.30. The largest absolute Gasteiger partial charge is 0.434 e. The molecule has 0 spiro atoms. The van der Waals surface area contributed by atoms with Crippen LogP contribution in [0.15, 0.2) is 86.5 Å². The van der Waals surface area contributed by atoms with Gasteiger partial charge in [-0.3, -0.25) is 10.0 Å². The molecule has 0 saturated carbocycles. The molecule has 2 aromatic rings. The van der Waals surface area contributed by atoms with Crippen molar-refractivity contribution in [2.24, 2.45) is 20.8 Å². The number of fused-ring (bicyclic) bond motifs is 1. The number of halogens is 3. The summed E-state index contributed by atoms with van der Waals surface area (Å²) in [5.74, 6) is 0. The molecule has 0 radical (unpaired) electrons. The predicted octanol–water partition coefficient (Wildman–Crippen LogP) is 4.39. The molecule has 180 valence electrons. The van der Waals surface area contributed by atoms with Crippen LogP contribution in [0.3, 0.4) is 0 Å². The number of benzene rings is 1. The van der Waals surface area contributed by atoms with Gasteiger partial charge in [0.25, 0.3) is 0 Å². The number of nitrogens with zero attached hydrogens (tertiary/aromatic N) is 6. The van der Waals surface area contributed by atoms with E-state index < -0.39 is 17.5 Å². The molecule has 2 rings (SSSR count). The summed E-state index contributed by atoms with van der Waals surface area (Å²) in [7, 11) is 1.45. The minimum Gasteiger partial charge on any atom is -0.404 e. The van der Waals surface area contributed by atoms with Crippen molar-refractivity contribution in [2.75, 3.05) is 7.05 Å². The Morgan fingerprint density at radius 2 is 2.14 bits per heavy atom. The zero-order chi connectivity index (χ0) is 26.0. The smallest absolute Gasteiger partial charge is 0.404 e. The first kappa shape index (κ1) is 26.7. The van der Waals surface area contributed by atoms with Gasteiger partial charge in [0.05, 0.1) is 33.3 Å². The number of alkyl halides is 3. The van der Waals surface area contributed by atoms with Crippen LogP contribution in [0.1, 0.15) is 0 Å². The number of aromatic nitrogens is 1. The first-order chi connectivity index (χ1) is 16.7. The lowest BCUT2D eigenvalue weighted by molar-refractivity contribution is -0.0581. The van der Waals surface area contributed by atoms with Crippen LogP contribution in [0.5, 0.6) is 0 Å². The molecule has 4 N–H and O–H groups in total. The van der Waals surface area contributed by atoms with Crippen LogP contribution in [-0.2, 0) is 0 Å². The highest BCUT2D eigenvalue weighted by molar-refractivity contribution is 7.17.